The zero-order chi connectivity index (χ0) is 17.4. The smallest absolute Gasteiger partial charge is 0.160 e. The largest absolute Gasteiger partial charge is 0.366 e. The monoisotopic (exact) mass is 302 g/mol. The van der Waals surface area contributed by atoms with Crippen LogP contribution in [-0.4, -0.2) is 17.0 Å². The van der Waals surface area contributed by atoms with Gasteiger partial charge < -0.3 is 9.84 Å². The van der Waals surface area contributed by atoms with Crippen LogP contribution in [0, 0.1) is 11.8 Å². The first kappa shape index (κ1) is 22.5. The van der Waals surface area contributed by atoms with Crippen LogP contribution >= 0.6 is 0 Å². The summed E-state index contributed by atoms with van der Waals surface area (Å²) in [6, 6.07) is 0. The summed E-state index contributed by atoms with van der Waals surface area (Å²) >= 11 is 0. The number of hydrogen-bond donors (Lipinski definition) is 1. The van der Waals surface area contributed by atoms with Crippen LogP contribution in [0.3, 0.4) is 0 Å². The second-order valence-corrected chi connectivity index (χ2v) is 4.96. The first-order chi connectivity index (χ1) is 10.4. The van der Waals surface area contributed by atoms with Gasteiger partial charge in [-0.1, -0.05) is 43.4 Å². The molecule has 0 aliphatic carbocycles. The van der Waals surface area contributed by atoms with Crippen molar-refractivity contribution in [3.05, 3.63) is 62.8 Å². The van der Waals surface area contributed by atoms with E-state index in [2.05, 4.69) is 44.7 Å². The van der Waals surface area contributed by atoms with Crippen LogP contribution in [-0.2, 0) is 4.74 Å². The quantitative estimate of drug-likeness (QED) is 0.282. The van der Waals surface area contributed by atoms with Crippen LogP contribution in [0.15, 0.2) is 62.8 Å². The molecule has 0 rings (SSSR count). The summed E-state index contributed by atoms with van der Waals surface area (Å²) in [5.74, 6) is 4.93. The zero-order valence-electron chi connectivity index (χ0n) is 14.1. The van der Waals surface area contributed by atoms with Gasteiger partial charge in [-0.25, -0.2) is 0 Å². The predicted molar refractivity (Wildman–Crippen MR) is 97.3 cm³/mol. The number of aliphatic hydroxyl groups is 1. The van der Waals surface area contributed by atoms with Gasteiger partial charge >= 0.3 is 0 Å². The van der Waals surface area contributed by atoms with Crippen LogP contribution in [0.4, 0.5) is 0 Å². The molecule has 0 fully saturated rings. The number of hydrogen-bond acceptors (Lipinski definition) is 2. The van der Waals surface area contributed by atoms with E-state index >= 15 is 0 Å². The van der Waals surface area contributed by atoms with Gasteiger partial charge in [-0.3, -0.25) is 0 Å². The minimum absolute atomic E-state index is 0.0998. The highest BCUT2D eigenvalue weighted by atomic mass is 16.6. The third-order valence-electron chi connectivity index (χ3n) is 2.48. The predicted octanol–water partition coefficient (Wildman–Crippen LogP) is 4.95. The fourth-order valence-corrected chi connectivity index (χ4v) is 1.71. The second kappa shape index (κ2) is 14.1. The average Bonchev–Trinajstić information content (AvgIpc) is 2.47. The molecule has 22 heavy (non-hydrogen) atoms. The minimum atomic E-state index is -1.15. The molecule has 0 spiro atoms. The number of ether oxygens (including phenoxy) is 1. The zero-order valence-corrected chi connectivity index (χ0v) is 14.1. The molecule has 0 aliphatic rings. The lowest BCUT2D eigenvalue weighted by atomic mass is 10.0. The van der Waals surface area contributed by atoms with E-state index in [9.17, 15) is 5.11 Å². The summed E-state index contributed by atoms with van der Waals surface area (Å²) in [5, 5.41) is 9.81. The van der Waals surface area contributed by atoms with Crippen molar-refractivity contribution in [1.29, 1.82) is 0 Å². The molecule has 2 nitrogen and oxygen atoms in total. The van der Waals surface area contributed by atoms with Gasteiger partial charge in [0, 0.05) is 12.8 Å². The van der Waals surface area contributed by atoms with Crippen LogP contribution < -0.4 is 0 Å². The van der Waals surface area contributed by atoms with E-state index in [1.165, 1.54) is 0 Å². The van der Waals surface area contributed by atoms with E-state index in [-0.39, 0.29) is 6.10 Å². The maximum absolute atomic E-state index is 9.81. The van der Waals surface area contributed by atoms with Gasteiger partial charge in [0.05, 0.1) is 6.10 Å². The Morgan fingerprint density at radius 2 is 1.86 bits per heavy atom. The Hall–Kier alpha value is -1.82. The van der Waals surface area contributed by atoms with Gasteiger partial charge in [-0.05, 0) is 32.3 Å². The Morgan fingerprint density at radius 1 is 1.23 bits per heavy atom. The SMILES string of the molecule is C=C.C=C/C=C(\C=C)C[C@H](CCC#CCC=C)OC(C)(C)O. The summed E-state index contributed by atoms with van der Waals surface area (Å²) in [5.41, 5.74) is 1.04. The highest BCUT2D eigenvalue weighted by molar-refractivity contribution is 5.21. The molecule has 0 aliphatic heterocycles. The lowest BCUT2D eigenvalue weighted by Gasteiger charge is -2.26. The molecular weight excluding hydrogens is 272 g/mol. The highest BCUT2D eigenvalue weighted by Crippen LogP contribution is 2.19. The van der Waals surface area contributed by atoms with Crippen molar-refractivity contribution in [2.24, 2.45) is 0 Å². The molecule has 0 radical (unpaired) electrons. The van der Waals surface area contributed by atoms with Gasteiger partial charge in [0.25, 0.3) is 0 Å². The first-order valence-electron chi connectivity index (χ1n) is 7.33. The maximum Gasteiger partial charge on any atom is 0.160 e. The van der Waals surface area contributed by atoms with Crippen LogP contribution in [0.1, 0.15) is 39.5 Å². The van der Waals surface area contributed by atoms with E-state index in [1.807, 2.05) is 6.08 Å². The maximum atomic E-state index is 9.81. The molecule has 1 N–H and O–H groups in total. The number of rotatable bonds is 9. The molecule has 2 heteroatoms. The average molecular weight is 302 g/mol. The van der Waals surface area contributed by atoms with Crippen LogP contribution in [0.5, 0.6) is 0 Å². The summed E-state index contributed by atoms with van der Waals surface area (Å²) in [7, 11) is 0. The molecule has 0 aromatic carbocycles. The topological polar surface area (TPSA) is 29.5 Å². The van der Waals surface area contributed by atoms with E-state index in [4.69, 9.17) is 4.74 Å². The Labute approximate surface area is 136 Å². The van der Waals surface area contributed by atoms with Crippen molar-refractivity contribution in [3.63, 3.8) is 0 Å². The van der Waals surface area contributed by atoms with E-state index < -0.39 is 5.79 Å². The fraction of sp³-hybridized carbons (Fsp3) is 0.400. The second-order valence-electron chi connectivity index (χ2n) is 4.96. The van der Waals surface area contributed by atoms with E-state index in [0.29, 0.717) is 12.8 Å². The Morgan fingerprint density at radius 3 is 2.32 bits per heavy atom. The summed E-state index contributed by atoms with van der Waals surface area (Å²) in [4.78, 5) is 0. The third kappa shape index (κ3) is 14.6. The molecule has 122 valence electrons. The molecular formula is C20H30O2. The summed E-state index contributed by atoms with van der Waals surface area (Å²) in [6.45, 7) is 20.3. The van der Waals surface area contributed by atoms with Crippen molar-refractivity contribution in [1.82, 2.24) is 0 Å². The van der Waals surface area contributed by atoms with Gasteiger partial charge in [0.15, 0.2) is 5.79 Å². The van der Waals surface area contributed by atoms with Gasteiger partial charge in [0.1, 0.15) is 0 Å². The van der Waals surface area contributed by atoms with Gasteiger partial charge in [-0.2, -0.15) is 0 Å². The van der Waals surface area contributed by atoms with Crippen molar-refractivity contribution < 1.29 is 9.84 Å². The van der Waals surface area contributed by atoms with E-state index in [1.54, 1.807) is 32.1 Å². The number of allylic oxidation sites excluding steroid dienone is 4. The fourth-order valence-electron chi connectivity index (χ4n) is 1.71. The van der Waals surface area contributed by atoms with E-state index in [0.717, 1.165) is 18.4 Å². The van der Waals surface area contributed by atoms with Crippen molar-refractivity contribution in [3.8, 4) is 11.8 Å². The van der Waals surface area contributed by atoms with Crippen LogP contribution in [0.25, 0.3) is 0 Å². The normalized spacial score (nSPS) is 12.0. The molecule has 0 bridgehead atoms. The minimum Gasteiger partial charge on any atom is -0.366 e. The van der Waals surface area contributed by atoms with Crippen LogP contribution in [0.2, 0.25) is 0 Å². The Bertz CT molecular complexity index is 413. The highest BCUT2D eigenvalue weighted by Gasteiger charge is 2.20. The molecule has 0 amide bonds. The Balaban J connectivity index is 0. The van der Waals surface area contributed by atoms with Gasteiger partial charge in [0.2, 0.25) is 0 Å². The van der Waals surface area contributed by atoms with Crippen molar-refractivity contribution in [2.75, 3.05) is 0 Å². The molecule has 0 aromatic heterocycles. The molecule has 0 unspecified atom stereocenters. The lowest BCUT2D eigenvalue weighted by molar-refractivity contribution is -0.205. The molecule has 0 saturated carbocycles. The summed E-state index contributed by atoms with van der Waals surface area (Å²) < 4.78 is 5.67. The van der Waals surface area contributed by atoms with Gasteiger partial charge in [-0.15, -0.1) is 25.7 Å². The van der Waals surface area contributed by atoms with Crippen molar-refractivity contribution in [2.45, 2.75) is 51.4 Å². The Kier molecular flexibility index (Phi) is 14.4. The molecule has 0 aromatic rings. The molecule has 0 saturated heterocycles. The standard InChI is InChI=1S/C18H26O2.C2H4/c1-6-9-10-11-12-14-17(20-18(4,5)19)15-16(8-3)13-7-2;1-2/h6-8,13,17,19H,1-3,9,12,14-15H2,4-5H3;1-2H2/b16-13+;/t17-;/m0./s1. The van der Waals surface area contributed by atoms with Crippen molar-refractivity contribution >= 4 is 0 Å². The molecule has 1 atom stereocenters. The third-order valence-corrected chi connectivity index (χ3v) is 2.48. The summed E-state index contributed by atoms with van der Waals surface area (Å²) in [6.07, 6.45) is 9.96. The first-order valence-corrected chi connectivity index (χ1v) is 7.33. The lowest BCUT2D eigenvalue weighted by Crippen LogP contribution is -2.30. The molecule has 0 heterocycles.